The number of rotatable bonds is 7. The second-order valence-electron chi connectivity index (χ2n) is 4.93. The lowest BCUT2D eigenvalue weighted by Crippen LogP contribution is -2.11. The minimum atomic E-state index is -0.570. The second-order valence-corrected chi connectivity index (χ2v) is 4.93. The van der Waals surface area contributed by atoms with Crippen molar-refractivity contribution in [2.75, 3.05) is 21.3 Å². The van der Waals surface area contributed by atoms with Crippen molar-refractivity contribution in [3.8, 4) is 23.0 Å². The van der Waals surface area contributed by atoms with Crippen molar-refractivity contribution in [2.45, 2.75) is 6.42 Å². The maximum atomic E-state index is 12.5. The summed E-state index contributed by atoms with van der Waals surface area (Å²) in [4.78, 5) is 24.8. The number of Topliss-reactive ketones (excluding diaryl/α,β-unsaturated/α-hetero) is 2. The highest BCUT2D eigenvalue weighted by Crippen LogP contribution is 2.45. The lowest BCUT2D eigenvalue weighted by molar-refractivity contribution is 0.0891. The summed E-state index contributed by atoms with van der Waals surface area (Å²) in [5, 5.41) is 10.2. The Morgan fingerprint density at radius 1 is 0.917 bits per heavy atom. The monoisotopic (exact) mass is 330 g/mol. The number of methoxy groups -OCH3 is 3. The van der Waals surface area contributed by atoms with Crippen LogP contribution in [0.1, 0.15) is 27.1 Å². The molecule has 0 saturated heterocycles. The molecule has 6 heteroatoms. The van der Waals surface area contributed by atoms with Crippen LogP contribution in [0.4, 0.5) is 0 Å². The molecule has 0 bridgehead atoms. The van der Waals surface area contributed by atoms with E-state index in [4.69, 9.17) is 14.2 Å². The normalized spacial score (nSPS) is 10.1. The van der Waals surface area contributed by atoms with E-state index >= 15 is 0 Å². The van der Waals surface area contributed by atoms with Gasteiger partial charge in [-0.15, -0.1) is 0 Å². The molecule has 0 aliphatic carbocycles. The predicted octanol–water partition coefficient (Wildman–Crippen LogP) is 2.87. The van der Waals surface area contributed by atoms with E-state index < -0.39 is 12.2 Å². The number of ether oxygens (including phenoxy) is 3. The molecule has 6 nitrogen and oxygen atoms in total. The Morgan fingerprint density at radius 2 is 1.54 bits per heavy atom. The number of hydrogen-bond donors (Lipinski definition) is 1. The first-order chi connectivity index (χ1) is 11.5. The van der Waals surface area contributed by atoms with Crippen LogP contribution in [0.15, 0.2) is 36.4 Å². The van der Waals surface area contributed by atoms with E-state index in [1.165, 1.54) is 27.4 Å². The number of phenols is 1. The molecule has 24 heavy (non-hydrogen) atoms. The van der Waals surface area contributed by atoms with Crippen LogP contribution in [0, 0.1) is 0 Å². The molecule has 2 aromatic carbocycles. The van der Waals surface area contributed by atoms with Gasteiger partial charge in [0.05, 0.1) is 27.8 Å². The zero-order valence-corrected chi connectivity index (χ0v) is 13.7. The highest BCUT2D eigenvalue weighted by atomic mass is 16.5. The highest BCUT2D eigenvalue weighted by Gasteiger charge is 2.26. The van der Waals surface area contributed by atoms with Gasteiger partial charge in [-0.2, -0.15) is 0 Å². The van der Waals surface area contributed by atoms with E-state index in [1.54, 1.807) is 30.3 Å². The Morgan fingerprint density at radius 3 is 2.08 bits per heavy atom. The molecule has 126 valence electrons. The third-order valence-corrected chi connectivity index (χ3v) is 3.50. The first kappa shape index (κ1) is 17.3. The van der Waals surface area contributed by atoms with Crippen molar-refractivity contribution in [3.63, 3.8) is 0 Å². The van der Waals surface area contributed by atoms with Crippen LogP contribution in [-0.2, 0) is 0 Å². The van der Waals surface area contributed by atoms with Crippen molar-refractivity contribution in [1.82, 2.24) is 0 Å². The molecule has 0 aromatic heterocycles. The number of ketones is 2. The number of carbonyl (C=O) groups is 2. The molecule has 0 spiro atoms. The summed E-state index contributed by atoms with van der Waals surface area (Å²) in [5.74, 6) is -0.835. The minimum Gasteiger partial charge on any atom is -0.507 e. The van der Waals surface area contributed by atoms with E-state index in [-0.39, 0.29) is 34.3 Å². The fourth-order valence-corrected chi connectivity index (χ4v) is 2.37. The summed E-state index contributed by atoms with van der Waals surface area (Å²) in [5.41, 5.74) is 0.309. The van der Waals surface area contributed by atoms with Gasteiger partial charge in [0.25, 0.3) is 0 Å². The predicted molar refractivity (Wildman–Crippen MR) is 87.5 cm³/mol. The molecule has 0 fully saturated rings. The quantitative estimate of drug-likeness (QED) is 0.621. The number of hydrogen-bond acceptors (Lipinski definition) is 6. The molecule has 0 aliphatic rings. The molecule has 2 rings (SSSR count). The first-order valence-corrected chi connectivity index (χ1v) is 7.16. The van der Waals surface area contributed by atoms with Gasteiger partial charge < -0.3 is 19.3 Å². The van der Waals surface area contributed by atoms with Gasteiger partial charge in [-0.3, -0.25) is 9.59 Å². The SMILES string of the molecule is COc1cc(O)c(C(=O)CC(=O)c2ccccc2)c(OC)c1OC. The van der Waals surface area contributed by atoms with Crippen LogP contribution < -0.4 is 14.2 Å². The Bertz CT molecular complexity index is 752. The van der Waals surface area contributed by atoms with E-state index in [0.717, 1.165) is 0 Å². The number of carbonyl (C=O) groups excluding carboxylic acids is 2. The number of benzene rings is 2. The van der Waals surface area contributed by atoms with E-state index in [9.17, 15) is 14.7 Å². The molecule has 0 amide bonds. The van der Waals surface area contributed by atoms with Gasteiger partial charge in [0.2, 0.25) is 5.75 Å². The topological polar surface area (TPSA) is 82.1 Å². The maximum Gasteiger partial charge on any atom is 0.204 e. The highest BCUT2D eigenvalue weighted by molar-refractivity contribution is 6.15. The van der Waals surface area contributed by atoms with Gasteiger partial charge in [-0.05, 0) is 0 Å². The Labute approximate surface area is 139 Å². The largest absolute Gasteiger partial charge is 0.507 e. The summed E-state index contributed by atoms with van der Waals surface area (Å²) in [6.07, 6.45) is -0.399. The van der Waals surface area contributed by atoms with Crippen molar-refractivity contribution >= 4 is 11.6 Å². The smallest absolute Gasteiger partial charge is 0.204 e. The van der Waals surface area contributed by atoms with Gasteiger partial charge in [0, 0.05) is 11.6 Å². The molecule has 1 N–H and O–H groups in total. The van der Waals surface area contributed by atoms with Gasteiger partial charge in [-0.1, -0.05) is 30.3 Å². The summed E-state index contributed by atoms with van der Waals surface area (Å²) in [6, 6.07) is 9.71. The Balaban J connectivity index is 2.40. The summed E-state index contributed by atoms with van der Waals surface area (Å²) in [7, 11) is 4.13. The standard InChI is InChI=1S/C18H18O6/c1-22-15-10-14(21)16(18(24-3)17(15)23-2)13(20)9-12(19)11-7-5-4-6-8-11/h4-8,10,21H,9H2,1-3H3. The summed E-state index contributed by atoms with van der Waals surface area (Å²) >= 11 is 0. The van der Waals surface area contributed by atoms with Crippen LogP contribution in [-0.4, -0.2) is 38.0 Å². The van der Waals surface area contributed by atoms with Crippen LogP contribution in [0.25, 0.3) is 0 Å². The van der Waals surface area contributed by atoms with E-state index in [2.05, 4.69) is 0 Å². The van der Waals surface area contributed by atoms with Gasteiger partial charge in [-0.25, -0.2) is 0 Å². The summed E-state index contributed by atoms with van der Waals surface area (Å²) in [6.45, 7) is 0. The van der Waals surface area contributed by atoms with Crippen LogP contribution in [0.5, 0.6) is 23.0 Å². The van der Waals surface area contributed by atoms with E-state index in [0.29, 0.717) is 5.56 Å². The average Bonchev–Trinajstić information content (AvgIpc) is 2.60. The lowest BCUT2D eigenvalue weighted by atomic mass is 9.99. The molecule has 0 heterocycles. The van der Waals surface area contributed by atoms with Crippen LogP contribution in [0.2, 0.25) is 0 Å². The van der Waals surface area contributed by atoms with Crippen molar-refractivity contribution < 1.29 is 28.9 Å². The first-order valence-electron chi connectivity index (χ1n) is 7.16. The van der Waals surface area contributed by atoms with E-state index in [1.807, 2.05) is 0 Å². The zero-order chi connectivity index (χ0) is 17.7. The average molecular weight is 330 g/mol. The summed E-state index contributed by atoms with van der Waals surface area (Å²) < 4.78 is 15.5. The fourth-order valence-electron chi connectivity index (χ4n) is 2.37. The Hall–Kier alpha value is -3.02. The number of phenolic OH excluding ortho intramolecular Hbond substituents is 1. The molecular weight excluding hydrogens is 312 g/mol. The number of aromatic hydroxyl groups is 1. The second kappa shape index (κ2) is 7.50. The fraction of sp³-hybridized carbons (Fsp3) is 0.222. The molecule has 0 saturated carbocycles. The lowest BCUT2D eigenvalue weighted by Gasteiger charge is -2.16. The third-order valence-electron chi connectivity index (χ3n) is 3.50. The molecular formula is C18H18O6. The molecule has 0 aliphatic heterocycles. The van der Waals surface area contributed by atoms with Crippen molar-refractivity contribution in [3.05, 3.63) is 47.5 Å². The molecule has 0 atom stereocenters. The molecule has 0 unspecified atom stereocenters. The minimum absolute atomic E-state index is 0.0280. The van der Waals surface area contributed by atoms with Gasteiger partial charge in [0.15, 0.2) is 23.1 Å². The van der Waals surface area contributed by atoms with Crippen LogP contribution in [0.3, 0.4) is 0 Å². The third kappa shape index (κ3) is 3.32. The van der Waals surface area contributed by atoms with Crippen molar-refractivity contribution in [2.24, 2.45) is 0 Å². The molecule has 0 radical (unpaired) electrons. The van der Waals surface area contributed by atoms with Crippen LogP contribution >= 0.6 is 0 Å². The molecule has 2 aromatic rings. The van der Waals surface area contributed by atoms with Gasteiger partial charge in [0.1, 0.15) is 11.3 Å². The van der Waals surface area contributed by atoms with Crippen molar-refractivity contribution in [1.29, 1.82) is 0 Å². The maximum absolute atomic E-state index is 12.5. The Kier molecular flexibility index (Phi) is 5.42. The zero-order valence-electron chi connectivity index (χ0n) is 13.7. The van der Waals surface area contributed by atoms with Gasteiger partial charge >= 0.3 is 0 Å².